The van der Waals surface area contributed by atoms with Crippen molar-refractivity contribution in [3.8, 4) is 0 Å². The quantitative estimate of drug-likeness (QED) is 0.912. The first-order valence-electron chi connectivity index (χ1n) is 8.38. The Morgan fingerprint density at radius 2 is 2.26 bits per heavy atom. The summed E-state index contributed by atoms with van der Waals surface area (Å²) in [5.41, 5.74) is 1.69. The summed E-state index contributed by atoms with van der Waals surface area (Å²) in [5, 5.41) is 0. The van der Waals surface area contributed by atoms with Crippen LogP contribution in [0.1, 0.15) is 25.1 Å². The topological polar surface area (TPSA) is 61.5 Å². The molecule has 3 saturated heterocycles. The van der Waals surface area contributed by atoms with Gasteiger partial charge in [0.1, 0.15) is 5.82 Å². The summed E-state index contributed by atoms with van der Waals surface area (Å²) in [6.45, 7) is 3.30. The SMILES string of the molecule is O=C1C[C@H]2N(Cc3nc4ccccc4[nH]3)CC[C@]23OCCCN13. The summed E-state index contributed by atoms with van der Waals surface area (Å²) in [5.74, 6) is 1.20. The monoisotopic (exact) mass is 312 g/mol. The highest BCUT2D eigenvalue weighted by molar-refractivity contribution is 5.81. The van der Waals surface area contributed by atoms with Gasteiger partial charge in [0.05, 0.1) is 30.2 Å². The summed E-state index contributed by atoms with van der Waals surface area (Å²) < 4.78 is 6.14. The molecule has 0 bridgehead atoms. The molecule has 0 aliphatic carbocycles. The van der Waals surface area contributed by atoms with Gasteiger partial charge in [0.25, 0.3) is 0 Å². The van der Waals surface area contributed by atoms with Crippen LogP contribution in [-0.2, 0) is 16.1 Å². The van der Waals surface area contributed by atoms with Crippen LogP contribution in [0.15, 0.2) is 24.3 Å². The maximum atomic E-state index is 12.4. The van der Waals surface area contributed by atoms with Gasteiger partial charge >= 0.3 is 0 Å². The maximum absolute atomic E-state index is 12.4. The molecule has 0 unspecified atom stereocenters. The second-order valence-electron chi connectivity index (χ2n) is 6.73. The second kappa shape index (κ2) is 4.79. The molecule has 1 spiro atoms. The van der Waals surface area contributed by atoms with Gasteiger partial charge in [-0.2, -0.15) is 0 Å². The van der Waals surface area contributed by atoms with Crippen LogP contribution < -0.4 is 0 Å². The van der Waals surface area contributed by atoms with E-state index in [9.17, 15) is 4.79 Å². The van der Waals surface area contributed by atoms with Gasteiger partial charge in [0.15, 0.2) is 5.72 Å². The Morgan fingerprint density at radius 3 is 3.17 bits per heavy atom. The first-order chi connectivity index (χ1) is 11.3. The fourth-order valence-corrected chi connectivity index (χ4v) is 4.50. The highest BCUT2D eigenvalue weighted by Crippen LogP contribution is 2.45. The molecule has 120 valence electrons. The second-order valence-corrected chi connectivity index (χ2v) is 6.73. The largest absolute Gasteiger partial charge is 0.354 e. The number of hydrogen-bond donors (Lipinski definition) is 1. The van der Waals surface area contributed by atoms with Gasteiger partial charge in [-0.3, -0.25) is 9.69 Å². The van der Waals surface area contributed by atoms with E-state index < -0.39 is 0 Å². The van der Waals surface area contributed by atoms with Crippen LogP contribution in [0, 0.1) is 0 Å². The molecular formula is C17H20N4O2. The molecule has 4 heterocycles. The third-order valence-corrected chi connectivity index (χ3v) is 5.51. The minimum Gasteiger partial charge on any atom is -0.354 e. The number of benzene rings is 1. The van der Waals surface area contributed by atoms with E-state index in [2.05, 4.69) is 14.9 Å². The van der Waals surface area contributed by atoms with Gasteiger partial charge in [-0.1, -0.05) is 12.1 Å². The van der Waals surface area contributed by atoms with Crippen LogP contribution in [0.5, 0.6) is 0 Å². The van der Waals surface area contributed by atoms with Crippen molar-refractivity contribution in [2.75, 3.05) is 19.7 Å². The first kappa shape index (κ1) is 13.5. The number of amides is 1. The van der Waals surface area contributed by atoms with E-state index in [-0.39, 0.29) is 17.7 Å². The predicted molar refractivity (Wildman–Crippen MR) is 84.5 cm³/mol. The van der Waals surface area contributed by atoms with Crippen molar-refractivity contribution in [3.63, 3.8) is 0 Å². The number of imidazole rings is 1. The van der Waals surface area contributed by atoms with Gasteiger partial charge in [0.2, 0.25) is 5.91 Å². The lowest BCUT2D eigenvalue weighted by Gasteiger charge is -2.42. The van der Waals surface area contributed by atoms with Gasteiger partial charge in [-0.15, -0.1) is 0 Å². The number of H-pyrrole nitrogens is 1. The minimum atomic E-state index is -0.374. The number of aromatic amines is 1. The Hall–Kier alpha value is -1.92. The maximum Gasteiger partial charge on any atom is 0.226 e. The van der Waals surface area contributed by atoms with Crippen molar-refractivity contribution in [1.29, 1.82) is 0 Å². The Balaban J connectivity index is 1.43. The average molecular weight is 312 g/mol. The smallest absolute Gasteiger partial charge is 0.226 e. The molecule has 3 aliphatic heterocycles. The molecule has 2 atom stereocenters. The van der Waals surface area contributed by atoms with Gasteiger partial charge in [0, 0.05) is 25.9 Å². The van der Waals surface area contributed by atoms with Crippen molar-refractivity contribution >= 4 is 16.9 Å². The summed E-state index contributed by atoms with van der Waals surface area (Å²) >= 11 is 0. The van der Waals surface area contributed by atoms with E-state index in [0.29, 0.717) is 6.42 Å². The van der Waals surface area contributed by atoms with E-state index in [0.717, 1.165) is 55.9 Å². The number of para-hydroxylation sites is 2. The standard InChI is InChI=1S/C17H20N4O2/c22-16-10-14-17(21(16)7-3-9-23-17)6-8-20(14)11-15-18-12-4-1-2-5-13(12)19-15/h1-2,4-5,14H,3,6-11H2,(H,18,19)/t14-,17+/m1/s1. The number of hydrogen-bond acceptors (Lipinski definition) is 4. The third kappa shape index (κ3) is 1.88. The molecule has 6 nitrogen and oxygen atoms in total. The molecule has 0 saturated carbocycles. The lowest BCUT2D eigenvalue weighted by Crippen LogP contribution is -2.56. The molecular weight excluding hydrogens is 292 g/mol. The lowest BCUT2D eigenvalue weighted by molar-refractivity contribution is -0.180. The lowest BCUT2D eigenvalue weighted by atomic mass is 10.0. The Kier molecular flexibility index (Phi) is 2.81. The zero-order valence-corrected chi connectivity index (χ0v) is 13.0. The number of aromatic nitrogens is 2. The van der Waals surface area contributed by atoms with Crippen LogP contribution in [-0.4, -0.2) is 57.1 Å². The van der Waals surface area contributed by atoms with Crippen LogP contribution in [0.25, 0.3) is 11.0 Å². The van der Waals surface area contributed by atoms with Gasteiger partial charge < -0.3 is 14.6 Å². The van der Waals surface area contributed by atoms with Crippen molar-refractivity contribution < 1.29 is 9.53 Å². The molecule has 1 amide bonds. The van der Waals surface area contributed by atoms with E-state index >= 15 is 0 Å². The molecule has 3 aliphatic rings. The zero-order valence-electron chi connectivity index (χ0n) is 13.0. The summed E-state index contributed by atoms with van der Waals surface area (Å²) in [6.07, 6.45) is 2.42. The number of fused-ring (bicyclic) bond motifs is 1. The van der Waals surface area contributed by atoms with Crippen molar-refractivity contribution in [2.24, 2.45) is 0 Å². The zero-order chi connectivity index (χ0) is 15.4. The first-order valence-corrected chi connectivity index (χ1v) is 8.38. The van der Waals surface area contributed by atoms with E-state index in [1.54, 1.807) is 0 Å². The number of nitrogens with zero attached hydrogens (tertiary/aromatic N) is 3. The fraction of sp³-hybridized carbons (Fsp3) is 0.529. The Bertz CT molecular complexity index is 740. The van der Waals surface area contributed by atoms with E-state index in [1.165, 1.54) is 0 Å². The van der Waals surface area contributed by atoms with Crippen LogP contribution in [0.2, 0.25) is 0 Å². The highest BCUT2D eigenvalue weighted by atomic mass is 16.5. The fourth-order valence-electron chi connectivity index (χ4n) is 4.50. The molecule has 0 radical (unpaired) electrons. The minimum absolute atomic E-state index is 0.156. The number of carbonyl (C=O) groups is 1. The average Bonchev–Trinajstić information content (AvgIpc) is 3.19. The highest BCUT2D eigenvalue weighted by Gasteiger charge is 2.60. The number of ether oxygens (including phenoxy) is 1. The number of rotatable bonds is 2. The molecule has 5 rings (SSSR count). The van der Waals surface area contributed by atoms with Crippen molar-refractivity contribution in [3.05, 3.63) is 30.1 Å². The van der Waals surface area contributed by atoms with E-state index in [4.69, 9.17) is 4.74 Å². The van der Waals surface area contributed by atoms with Gasteiger partial charge in [-0.25, -0.2) is 4.98 Å². The Labute approximate surface area is 134 Å². The third-order valence-electron chi connectivity index (χ3n) is 5.51. The molecule has 2 aromatic rings. The molecule has 6 heteroatoms. The molecule has 1 aromatic heterocycles. The molecule has 3 fully saturated rings. The van der Waals surface area contributed by atoms with E-state index in [1.807, 2.05) is 29.2 Å². The normalized spacial score (nSPS) is 30.9. The number of carbonyl (C=O) groups excluding carboxylic acids is 1. The van der Waals surface area contributed by atoms with Crippen LogP contribution >= 0.6 is 0 Å². The Morgan fingerprint density at radius 1 is 1.35 bits per heavy atom. The molecule has 23 heavy (non-hydrogen) atoms. The number of nitrogens with one attached hydrogen (secondary N) is 1. The summed E-state index contributed by atoms with van der Waals surface area (Å²) in [7, 11) is 0. The van der Waals surface area contributed by atoms with Crippen LogP contribution in [0.4, 0.5) is 0 Å². The van der Waals surface area contributed by atoms with Crippen molar-refractivity contribution in [2.45, 2.75) is 37.6 Å². The van der Waals surface area contributed by atoms with Crippen LogP contribution in [0.3, 0.4) is 0 Å². The molecule has 1 aromatic carbocycles. The number of likely N-dealkylation sites (tertiary alicyclic amines) is 1. The van der Waals surface area contributed by atoms with Crippen molar-refractivity contribution in [1.82, 2.24) is 19.8 Å². The predicted octanol–water partition coefficient (Wildman–Crippen LogP) is 1.49. The summed E-state index contributed by atoms with van der Waals surface area (Å²) in [4.78, 5) is 24.8. The molecule has 1 N–H and O–H groups in total. The van der Waals surface area contributed by atoms with Gasteiger partial charge in [-0.05, 0) is 18.6 Å². The summed E-state index contributed by atoms with van der Waals surface area (Å²) in [6, 6.07) is 8.23.